The first-order chi connectivity index (χ1) is 10.2. The van der Waals surface area contributed by atoms with Gasteiger partial charge in [0.2, 0.25) is 5.91 Å². The molecule has 3 rings (SSSR count). The van der Waals surface area contributed by atoms with Gasteiger partial charge in [-0.2, -0.15) is 0 Å². The minimum atomic E-state index is 0.315. The molecule has 21 heavy (non-hydrogen) atoms. The van der Waals surface area contributed by atoms with Crippen LogP contribution in [-0.2, 0) is 4.79 Å². The molecule has 1 unspecified atom stereocenters. The quantitative estimate of drug-likeness (QED) is 0.864. The molecule has 1 aromatic carbocycles. The van der Waals surface area contributed by atoms with Gasteiger partial charge in [-0.3, -0.25) is 4.79 Å². The summed E-state index contributed by atoms with van der Waals surface area (Å²) < 4.78 is 0. The normalized spacial score (nSPS) is 22.7. The van der Waals surface area contributed by atoms with Gasteiger partial charge in [0.1, 0.15) is 5.75 Å². The van der Waals surface area contributed by atoms with Gasteiger partial charge >= 0.3 is 0 Å². The Bertz CT molecular complexity index is 513. The van der Waals surface area contributed by atoms with E-state index in [0.29, 0.717) is 29.9 Å². The van der Waals surface area contributed by atoms with Gasteiger partial charge in [-0.1, -0.05) is 24.3 Å². The molecule has 1 aliphatic heterocycles. The molecular weight excluding hydrogens is 262 g/mol. The molecule has 1 atom stereocenters. The van der Waals surface area contributed by atoms with E-state index in [1.54, 1.807) is 12.1 Å². The number of phenols is 1. The fourth-order valence-corrected chi connectivity index (χ4v) is 3.43. The summed E-state index contributed by atoms with van der Waals surface area (Å²) in [5.74, 6) is 1.61. The number of phenolic OH excluding ortho intramolecular Hbond substituents is 1. The highest BCUT2D eigenvalue weighted by Gasteiger charge is 2.25. The highest BCUT2D eigenvalue weighted by atomic mass is 16.3. The molecule has 3 nitrogen and oxygen atoms in total. The van der Waals surface area contributed by atoms with Crippen molar-refractivity contribution in [1.29, 1.82) is 0 Å². The molecule has 1 aromatic rings. The largest absolute Gasteiger partial charge is 0.508 e. The molecule has 112 valence electrons. The van der Waals surface area contributed by atoms with Crippen molar-refractivity contribution in [1.82, 2.24) is 4.90 Å². The average molecular weight is 285 g/mol. The van der Waals surface area contributed by atoms with E-state index in [9.17, 15) is 9.90 Å². The molecule has 0 aromatic heterocycles. The molecule has 0 spiro atoms. The molecule has 0 radical (unpaired) electrons. The van der Waals surface area contributed by atoms with Crippen LogP contribution in [0.1, 0.15) is 43.6 Å². The smallest absolute Gasteiger partial charge is 0.223 e. The maximum atomic E-state index is 12.3. The van der Waals surface area contributed by atoms with Crippen LogP contribution < -0.4 is 0 Å². The summed E-state index contributed by atoms with van der Waals surface area (Å²) in [5.41, 5.74) is 1.28. The molecule has 1 fully saturated rings. The third-order valence-corrected chi connectivity index (χ3v) is 4.76. The van der Waals surface area contributed by atoms with Crippen molar-refractivity contribution in [2.75, 3.05) is 13.1 Å². The lowest BCUT2D eigenvalue weighted by atomic mass is 9.89. The zero-order valence-electron chi connectivity index (χ0n) is 12.4. The molecule has 1 heterocycles. The number of hydrogen-bond acceptors (Lipinski definition) is 2. The van der Waals surface area contributed by atoms with E-state index in [2.05, 4.69) is 12.2 Å². The molecule has 3 heteroatoms. The van der Waals surface area contributed by atoms with Crippen molar-refractivity contribution in [3.05, 3.63) is 42.0 Å². The summed E-state index contributed by atoms with van der Waals surface area (Å²) in [5, 5.41) is 9.35. The number of allylic oxidation sites excluding steroid dienone is 2. The third-order valence-electron chi connectivity index (χ3n) is 4.76. The number of likely N-dealkylation sites (tertiary alicyclic amines) is 1. The fourth-order valence-electron chi connectivity index (χ4n) is 3.43. The maximum absolute atomic E-state index is 12.3. The number of nitrogens with zero attached hydrogens (tertiary/aromatic N) is 1. The van der Waals surface area contributed by atoms with Gasteiger partial charge in [0.25, 0.3) is 0 Å². The molecule has 1 amide bonds. The Labute approximate surface area is 126 Å². The number of carbonyl (C=O) groups excluding carboxylic acids is 1. The van der Waals surface area contributed by atoms with E-state index in [0.717, 1.165) is 38.8 Å². The fraction of sp³-hybridized carbons (Fsp3) is 0.500. The highest BCUT2D eigenvalue weighted by molar-refractivity contribution is 5.76. The van der Waals surface area contributed by atoms with Crippen molar-refractivity contribution >= 4 is 5.91 Å². The second-order valence-electron chi connectivity index (χ2n) is 6.22. The zero-order valence-corrected chi connectivity index (χ0v) is 12.4. The van der Waals surface area contributed by atoms with Crippen LogP contribution >= 0.6 is 0 Å². The summed E-state index contributed by atoms with van der Waals surface area (Å²) in [7, 11) is 0. The number of aromatic hydroxyl groups is 1. The van der Waals surface area contributed by atoms with E-state index >= 15 is 0 Å². The van der Waals surface area contributed by atoms with Crippen LogP contribution in [0.2, 0.25) is 0 Å². The van der Waals surface area contributed by atoms with E-state index < -0.39 is 0 Å². The molecule has 1 N–H and O–H groups in total. The summed E-state index contributed by atoms with van der Waals surface area (Å²) in [6.07, 6.45) is 9.38. The van der Waals surface area contributed by atoms with Crippen LogP contribution in [0.15, 0.2) is 36.4 Å². The van der Waals surface area contributed by atoms with Crippen molar-refractivity contribution in [3.63, 3.8) is 0 Å². The standard InChI is InChI=1S/C18H23NO2/c20-17-7-5-15(6-8-17)16-9-11-19(12-10-16)18(21)13-14-3-1-2-4-14/h1,3,5-8,14,16,20H,2,4,9-13H2. The summed E-state index contributed by atoms with van der Waals surface area (Å²) in [6, 6.07) is 7.50. The van der Waals surface area contributed by atoms with Gasteiger partial charge in [-0.15, -0.1) is 0 Å². The first-order valence-corrected chi connectivity index (χ1v) is 7.96. The Balaban J connectivity index is 1.51. The van der Waals surface area contributed by atoms with Crippen molar-refractivity contribution < 1.29 is 9.90 Å². The molecular formula is C18H23NO2. The predicted molar refractivity (Wildman–Crippen MR) is 83.1 cm³/mol. The minimum absolute atomic E-state index is 0.315. The lowest BCUT2D eigenvalue weighted by Crippen LogP contribution is -2.38. The molecule has 0 bridgehead atoms. The zero-order chi connectivity index (χ0) is 14.7. The van der Waals surface area contributed by atoms with Crippen LogP contribution in [0.5, 0.6) is 5.75 Å². The van der Waals surface area contributed by atoms with Crippen LogP contribution in [0.3, 0.4) is 0 Å². The molecule has 1 saturated heterocycles. The number of amides is 1. The second-order valence-corrected chi connectivity index (χ2v) is 6.22. The summed E-state index contributed by atoms with van der Waals surface area (Å²) >= 11 is 0. The van der Waals surface area contributed by atoms with E-state index in [-0.39, 0.29) is 0 Å². The van der Waals surface area contributed by atoms with Gasteiger partial charge in [-0.25, -0.2) is 0 Å². The predicted octanol–water partition coefficient (Wildman–Crippen LogP) is 3.45. The van der Waals surface area contributed by atoms with Crippen LogP contribution in [-0.4, -0.2) is 29.0 Å². The van der Waals surface area contributed by atoms with E-state index in [1.807, 2.05) is 17.0 Å². The Morgan fingerprint density at radius 3 is 2.48 bits per heavy atom. The summed E-state index contributed by atoms with van der Waals surface area (Å²) in [6.45, 7) is 1.72. The monoisotopic (exact) mass is 285 g/mol. The first-order valence-electron chi connectivity index (χ1n) is 7.96. The molecule has 1 aliphatic carbocycles. The van der Waals surface area contributed by atoms with E-state index in [4.69, 9.17) is 0 Å². The first kappa shape index (κ1) is 14.2. The Morgan fingerprint density at radius 2 is 1.86 bits per heavy atom. The van der Waals surface area contributed by atoms with Gasteiger partial charge in [0, 0.05) is 19.5 Å². The van der Waals surface area contributed by atoms with Crippen molar-refractivity contribution in [2.45, 2.75) is 38.0 Å². The number of benzene rings is 1. The van der Waals surface area contributed by atoms with Crippen LogP contribution in [0, 0.1) is 5.92 Å². The van der Waals surface area contributed by atoms with Crippen molar-refractivity contribution in [2.24, 2.45) is 5.92 Å². The molecule has 2 aliphatic rings. The Kier molecular flexibility index (Phi) is 4.28. The number of piperidine rings is 1. The van der Waals surface area contributed by atoms with E-state index in [1.165, 1.54) is 5.56 Å². The Morgan fingerprint density at radius 1 is 1.14 bits per heavy atom. The lowest BCUT2D eigenvalue weighted by Gasteiger charge is -2.32. The van der Waals surface area contributed by atoms with Crippen molar-refractivity contribution in [3.8, 4) is 5.75 Å². The molecule has 0 saturated carbocycles. The minimum Gasteiger partial charge on any atom is -0.508 e. The SMILES string of the molecule is O=C(CC1C=CCC1)N1CCC(c2ccc(O)cc2)CC1. The lowest BCUT2D eigenvalue weighted by molar-refractivity contribution is -0.132. The number of carbonyl (C=O) groups is 1. The number of rotatable bonds is 3. The number of hydrogen-bond donors (Lipinski definition) is 1. The average Bonchev–Trinajstić information content (AvgIpc) is 3.01. The maximum Gasteiger partial charge on any atom is 0.223 e. The van der Waals surface area contributed by atoms with Gasteiger partial charge < -0.3 is 10.0 Å². The van der Waals surface area contributed by atoms with Gasteiger partial charge in [0.05, 0.1) is 0 Å². The highest BCUT2D eigenvalue weighted by Crippen LogP contribution is 2.30. The topological polar surface area (TPSA) is 40.5 Å². The van der Waals surface area contributed by atoms with Crippen LogP contribution in [0.25, 0.3) is 0 Å². The second kappa shape index (κ2) is 6.33. The van der Waals surface area contributed by atoms with Gasteiger partial charge in [-0.05, 0) is 55.2 Å². The summed E-state index contributed by atoms with van der Waals surface area (Å²) in [4.78, 5) is 14.3. The van der Waals surface area contributed by atoms with Gasteiger partial charge in [0.15, 0.2) is 0 Å². The van der Waals surface area contributed by atoms with Crippen LogP contribution in [0.4, 0.5) is 0 Å². The third kappa shape index (κ3) is 3.46. The Hall–Kier alpha value is -1.77.